The van der Waals surface area contributed by atoms with E-state index in [4.69, 9.17) is 4.74 Å². The topological polar surface area (TPSA) is 96.0 Å². The van der Waals surface area contributed by atoms with Crippen molar-refractivity contribution in [2.24, 2.45) is 0 Å². The van der Waals surface area contributed by atoms with Gasteiger partial charge < -0.3 is 15.0 Å². The summed E-state index contributed by atoms with van der Waals surface area (Å²) in [5.74, 6) is -0.607. The first-order valence-corrected chi connectivity index (χ1v) is 11.4. The maximum Gasteiger partial charge on any atom is 0.264 e. The van der Waals surface area contributed by atoms with E-state index in [1.165, 1.54) is 19.2 Å². The summed E-state index contributed by atoms with van der Waals surface area (Å²) in [4.78, 5) is 26.7. The zero-order chi connectivity index (χ0) is 20.9. The number of likely N-dealkylation sites (N-methyl/N-ethyl adjacent to an activating group) is 1. The van der Waals surface area contributed by atoms with Crippen molar-refractivity contribution in [3.63, 3.8) is 0 Å². The van der Waals surface area contributed by atoms with Gasteiger partial charge in [-0.25, -0.2) is 8.42 Å². The Kier molecular flexibility index (Phi) is 7.01. The Balaban J connectivity index is 1.60. The zero-order valence-corrected chi connectivity index (χ0v) is 17.7. The Morgan fingerprint density at radius 3 is 2.52 bits per heavy atom. The van der Waals surface area contributed by atoms with Crippen LogP contribution in [0.2, 0.25) is 0 Å². The summed E-state index contributed by atoms with van der Waals surface area (Å²) in [6.45, 7) is 1.94. The number of carbonyl (C=O) groups excluding carboxylic acids is 2. The standard InChI is InChI=1S/C19H23N3O5S2/c1-21(14-17(23)20-13-15-5-3-2-4-6-15)29(25,26)18-8-7-16(28-18)19(24)22-9-11-27-12-10-22/h2-8H,9-14H2,1H3,(H,20,23). The molecule has 29 heavy (non-hydrogen) atoms. The number of sulfonamides is 1. The largest absolute Gasteiger partial charge is 0.378 e. The van der Waals surface area contributed by atoms with Crippen molar-refractivity contribution in [2.45, 2.75) is 10.8 Å². The average Bonchev–Trinajstić information content (AvgIpc) is 3.24. The van der Waals surface area contributed by atoms with E-state index < -0.39 is 15.9 Å². The second-order valence-corrected chi connectivity index (χ2v) is 9.90. The van der Waals surface area contributed by atoms with Crippen LogP contribution in [0.25, 0.3) is 0 Å². The number of ether oxygens (including phenoxy) is 1. The number of amides is 2. The van der Waals surface area contributed by atoms with Gasteiger partial charge in [0, 0.05) is 26.7 Å². The minimum Gasteiger partial charge on any atom is -0.378 e. The lowest BCUT2D eigenvalue weighted by atomic mass is 10.2. The number of carbonyl (C=O) groups is 2. The third kappa shape index (κ3) is 5.41. The van der Waals surface area contributed by atoms with Gasteiger partial charge >= 0.3 is 0 Å². The number of hydrogen-bond donors (Lipinski definition) is 1. The summed E-state index contributed by atoms with van der Waals surface area (Å²) in [6, 6.07) is 12.3. The van der Waals surface area contributed by atoms with Crippen LogP contribution in [0, 0.1) is 0 Å². The first kappa shape index (κ1) is 21.4. The molecule has 1 N–H and O–H groups in total. The van der Waals surface area contributed by atoms with Crippen molar-refractivity contribution < 1.29 is 22.7 Å². The van der Waals surface area contributed by atoms with Crippen LogP contribution in [0.15, 0.2) is 46.7 Å². The minimum absolute atomic E-state index is 0.0347. The van der Waals surface area contributed by atoms with Crippen LogP contribution < -0.4 is 5.32 Å². The van der Waals surface area contributed by atoms with Gasteiger partial charge in [0.2, 0.25) is 5.91 Å². The van der Waals surface area contributed by atoms with Crippen molar-refractivity contribution in [3.8, 4) is 0 Å². The van der Waals surface area contributed by atoms with Crippen LogP contribution in [0.1, 0.15) is 15.2 Å². The van der Waals surface area contributed by atoms with Gasteiger partial charge in [-0.05, 0) is 17.7 Å². The first-order chi connectivity index (χ1) is 13.9. The molecule has 3 rings (SSSR count). The second-order valence-electron chi connectivity index (χ2n) is 6.55. The molecule has 0 unspecified atom stereocenters. The van der Waals surface area contributed by atoms with Crippen molar-refractivity contribution in [1.82, 2.24) is 14.5 Å². The van der Waals surface area contributed by atoms with Crippen LogP contribution >= 0.6 is 11.3 Å². The second kappa shape index (κ2) is 9.49. The first-order valence-electron chi connectivity index (χ1n) is 9.12. The normalized spacial score (nSPS) is 14.8. The van der Waals surface area contributed by atoms with E-state index in [9.17, 15) is 18.0 Å². The molecule has 0 atom stereocenters. The Morgan fingerprint density at radius 1 is 1.14 bits per heavy atom. The molecule has 10 heteroatoms. The fourth-order valence-electron chi connectivity index (χ4n) is 2.79. The number of morpholine rings is 1. The van der Waals surface area contributed by atoms with E-state index >= 15 is 0 Å². The zero-order valence-electron chi connectivity index (χ0n) is 16.0. The van der Waals surface area contributed by atoms with E-state index in [1.807, 2.05) is 30.3 Å². The van der Waals surface area contributed by atoms with E-state index in [-0.39, 0.29) is 16.7 Å². The molecule has 2 heterocycles. The molecule has 0 saturated carbocycles. The minimum atomic E-state index is -3.86. The lowest BCUT2D eigenvalue weighted by Crippen LogP contribution is -2.40. The summed E-state index contributed by atoms with van der Waals surface area (Å²) >= 11 is 0.914. The van der Waals surface area contributed by atoms with Crippen molar-refractivity contribution in [2.75, 3.05) is 39.9 Å². The number of rotatable bonds is 7. The molecule has 1 aromatic carbocycles. The predicted octanol–water partition coefficient (Wildman–Crippen LogP) is 1.16. The van der Waals surface area contributed by atoms with Crippen LogP contribution in [0.5, 0.6) is 0 Å². The summed E-state index contributed by atoms with van der Waals surface area (Å²) in [6.07, 6.45) is 0. The molecular weight excluding hydrogens is 414 g/mol. The number of nitrogens with zero attached hydrogens (tertiary/aromatic N) is 2. The fraction of sp³-hybridized carbons (Fsp3) is 0.368. The SMILES string of the molecule is CN(CC(=O)NCc1ccccc1)S(=O)(=O)c1ccc(C(=O)N2CCOCC2)s1. The highest BCUT2D eigenvalue weighted by Gasteiger charge is 2.27. The van der Waals surface area contributed by atoms with Crippen molar-refractivity contribution in [3.05, 3.63) is 52.9 Å². The molecule has 1 aliphatic rings. The lowest BCUT2D eigenvalue weighted by molar-refractivity contribution is -0.121. The van der Waals surface area contributed by atoms with Crippen LogP contribution in [0.3, 0.4) is 0 Å². The molecule has 0 aliphatic carbocycles. The molecule has 1 fully saturated rings. The van der Waals surface area contributed by atoms with Crippen molar-refractivity contribution in [1.29, 1.82) is 0 Å². The Bertz CT molecular complexity index is 953. The summed E-state index contributed by atoms with van der Waals surface area (Å²) in [5, 5.41) is 2.71. The molecule has 1 aromatic heterocycles. The molecule has 156 valence electrons. The Morgan fingerprint density at radius 2 is 1.83 bits per heavy atom. The van der Waals surface area contributed by atoms with E-state index in [2.05, 4.69) is 5.32 Å². The molecular formula is C19H23N3O5S2. The van der Waals surface area contributed by atoms with E-state index in [1.54, 1.807) is 4.90 Å². The number of thiophene rings is 1. The Hall–Kier alpha value is -2.27. The number of benzene rings is 1. The molecule has 2 aromatic rings. The molecule has 8 nitrogen and oxygen atoms in total. The third-order valence-corrected chi connectivity index (χ3v) is 7.80. The highest BCUT2D eigenvalue weighted by atomic mass is 32.2. The number of hydrogen-bond acceptors (Lipinski definition) is 6. The third-order valence-electron chi connectivity index (χ3n) is 4.45. The highest BCUT2D eigenvalue weighted by molar-refractivity contribution is 7.91. The lowest BCUT2D eigenvalue weighted by Gasteiger charge is -2.26. The highest BCUT2D eigenvalue weighted by Crippen LogP contribution is 2.25. The summed E-state index contributed by atoms with van der Waals surface area (Å²) in [5.41, 5.74) is 0.927. The van der Waals surface area contributed by atoms with Crippen molar-refractivity contribution >= 4 is 33.2 Å². The molecule has 2 amide bonds. The summed E-state index contributed by atoms with van der Waals surface area (Å²) < 4.78 is 31.8. The average molecular weight is 438 g/mol. The molecule has 1 saturated heterocycles. The van der Waals surface area contributed by atoms with Crippen LogP contribution in [-0.4, -0.2) is 69.3 Å². The van der Waals surface area contributed by atoms with Gasteiger partial charge in [-0.2, -0.15) is 4.31 Å². The van der Waals surface area contributed by atoms with Gasteiger partial charge in [-0.15, -0.1) is 11.3 Å². The fourth-order valence-corrected chi connectivity index (χ4v) is 5.40. The molecule has 0 spiro atoms. The maximum absolute atomic E-state index is 12.8. The number of nitrogens with one attached hydrogen (secondary N) is 1. The van der Waals surface area contributed by atoms with Gasteiger partial charge in [-0.1, -0.05) is 30.3 Å². The molecule has 0 radical (unpaired) electrons. The van der Waals surface area contributed by atoms with Crippen LogP contribution in [0.4, 0.5) is 0 Å². The smallest absolute Gasteiger partial charge is 0.264 e. The quantitative estimate of drug-likeness (QED) is 0.701. The van der Waals surface area contributed by atoms with Crippen LogP contribution in [-0.2, 0) is 26.1 Å². The van der Waals surface area contributed by atoms with E-state index in [0.717, 1.165) is 21.2 Å². The molecule has 0 bridgehead atoms. The maximum atomic E-state index is 12.8. The monoisotopic (exact) mass is 437 g/mol. The molecule has 1 aliphatic heterocycles. The van der Waals surface area contributed by atoms with Gasteiger partial charge in [0.1, 0.15) is 4.21 Å². The van der Waals surface area contributed by atoms with Gasteiger partial charge in [-0.3, -0.25) is 9.59 Å². The van der Waals surface area contributed by atoms with E-state index in [0.29, 0.717) is 37.7 Å². The van der Waals surface area contributed by atoms with Gasteiger partial charge in [0.25, 0.3) is 15.9 Å². The van der Waals surface area contributed by atoms with Gasteiger partial charge in [0.05, 0.1) is 24.6 Å². The van der Waals surface area contributed by atoms with Gasteiger partial charge in [0.15, 0.2) is 0 Å². The summed E-state index contributed by atoms with van der Waals surface area (Å²) in [7, 11) is -2.52. The predicted molar refractivity (Wildman–Crippen MR) is 109 cm³/mol. The Labute approximate surface area is 174 Å².